The number of likely N-dealkylation sites (N-methyl/N-ethyl adjacent to an activating group) is 1. The molecule has 1 unspecified atom stereocenters. The summed E-state index contributed by atoms with van der Waals surface area (Å²) in [5, 5.41) is 3.00. The molecule has 2 aliphatic heterocycles. The normalized spacial score (nSPS) is 28.5. The zero-order valence-electron chi connectivity index (χ0n) is 9.09. The number of benzene rings is 1. The van der Waals surface area contributed by atoms with E-state index < -0.39 is 0 Å². The highest BCUT2D eigenvalue weighted by Crippen LogP contribution is 2.44. The van der Waals surface area contributed by atoms with Gasteiger partial charge in [-0.05, 0) is 37.7 Å². The van der Waals surface area contributed by atoms with Crippen molar-refractivity contribution in [2.45, 2.75) is 11.8 Å². The zero-order valence-corrected chi connectivity index (χ0v) is 10.7. The van der Waals surface area contributed by atoms with Crippen LogP contribution in [-0.4, -0.2) is 30.9 Å². The first-order valence-electron chi connectivity index (χ1n) is 5.42. The van der Waals surface area contributed by atoms with Gasteiger partial charge in [0.05, 0.1) is 5.41 Å². The first-order chi connectivity index (χ1) is 7.62. The Morgan fingerprint density at radius 1 is 1.50 bits per heavy atom. The lowest BCUT2D eigenvalue weighted by Gasteiger charge is -2.20. The summed E-state index contributed by atoms with van der Waals surface area (Å²) in [7, 11) is 2.07. The summed E-state index contributed by atoms with van der Waals surface area (Å²) in [6.07, 6.45) is 0.921. The molecule has 1 atom stereocenters. The molecule has 1 saturated heterocycles. The molecule has 84 valence electrons. The van der Waals surface area contributed by atoms with Crippen LogP contribution < -0.4 is 5.32 Å². The smallest absolute Gasteiger partial charge is 0.236 e. The lowest BCUT2D eigenvalue weighted by atomic mass is 9.81. The number of anilines is 1. The van der Waals surface area contributed by atoms with Gasteiger partial charge in [0.25, 0.3) is 0 Å². The maximum absolute atomic E-state index is 12.2. The minimum Gasteiger partial charge on any atom is -0.325 e. The van der Waals surface area contributed by atoms with Crippen molar-refractivity contribution in [1.82, 2.24) is 4.90 Å². The molecule has 0 aromatic heterocycles. The highest BCUT2D eigenvalue weighted by atomic mass is 79.9. The molecule has 1 amide bonds. The Labute approximate surface area is 103 Å². The van der Waals surface area contributed by atoms with Gasteiger partial charge >= 0.3 is 0 Å². The predicted molar refractivity (Wildman–Crippen MR) is 66.6 cm³/mol. The van der Waals surface area contributed by atoms with Crippen LogP contribution in [-0.2, 0) is 10.2 Å². The van der Waals surface area contributed by atoms with E-state index in [4.69, 9.17) is 0 Å². The number of nitrogens with one attached hydrogen (secondary N) is 1. The van der Waals surface area contributed by atoms with Crippen LogP contribution in [0.15, 0.2) is 22.7 Å². The minimum atomic E-state index is -0.301. The Morgan fingerprint density at radius 2 is 2.31 bits per heavy atom. The molecule has 0 bridgehead atoms. The van der Waals surface area contributed by atoms with Gasteiger partial charge in [0.2, 0.25) is 5.91 Å². The number of amides is 1. The second-order valence-corrected chi connectivity index (χ2v) is 5.63. The first-order valence-corrected chi connectivity index (χ1v) is 6.21. The van der Waals surface area contributed by atoms with Crippen LogP contribution in [0.25, 0.3) is 0 Å². The van der Waals surface area contributed by atoms with E-state index in [1.807, 2.05) is 12.1 Å². The van der Waals surface area contributed by atoms with Crippen molar-refractivity contribution in [2.75, 3.05) is 25.5 Å². The third kappa shape index (κ3) is 1.26. The topological polar surface area (TPSA) is 32.3 Å². The fraction of sp³-hybridized carbons (Fsp3) is 0.417. The summed E-state index contributed by atoms with van der Waals surface area (Å²) < 4.78 is 1.01. The number of carbonyl (C=O) groups is 1. The van der Waals surface area contributed by atoms with E-state index >= 15 is 0 Å². The van der Waals surface area contributed by atoms with Gasteiger partial charge in [0.1, 0.15) is 0 Å². The lowest BCUT2D eigenvalue weighted by molar-refractivity contribution is -0.120. The summed E-state index contributed by atoms with van der Waals surface area (Å²) in [6, 6.07) is 6.07. The standard InChI is InChI=1S/C12H13BrN2O/c1-15-5-4-12(7-15)9-3-2-8(13)6-10(9)14-11(12)16/h2-3,6H,4-5,7H2,1H3,(H,14,16). The van der Waals surface area contributed by atoms with Crippen molar-refractivity contribution in [3.63, 3.8) is 0 Å². The van der Waals surface area contributed by atoms with E-state index in [-0.39, 0.29) is 11.3 Å². The number of carbonyl (C=O) groups excluding carboxylic acids is 1. The van der Waals surface area contributed by atoms with Gasteiger partial charge in [-0.25, -0.2) is 0 Å². The van der Waals surface area contributed by atoms with Crippen LogP contribution in [0.1, 0.15) is 12.0 Å². The molecule has 0 saturated carbocycles. The third-order valence-electron chi connectivity index (χ3n) is 3.64. The van der Waals surface area contributed by atoms with Crippen LogP contribution in [0, 0.1) is 0 Å². The molecule has 2 aliphatic rings. The molecule has 2 heterocycles. The van der Waals surface area contributed by atoms with Crippen LogP contribution in [0.2, 0.25) is 0 Å². The molecule has 16 heavy (non-hydrogen) atoms. The Morgan fingerprint density at radius 3 is 3.00 bits per heavy atom. The monoisotopic (exact) mass is 280 g/mol. The molecule has 1 aromatic carbocycles. The second-order valence-electron chi connectivity index (χ2n) is 4.71. The molecular formula is C12H13BrN2O. The molecule has 1 aromatic rings. The number of nitrogens with zero attached hydrogens (tertiary/aromatic N) is 1. The van der Waals surface area contributed by atoms with Crippen molar-refractivity contribution >= 4 is 27.5 Å². The fourth-order valence-electron chi connectivity index (χ4n) is 2.81. The molecule has 1 spiro atoms. The lowest BCUT2D eigenvalue weighted by Crippen LogP contribution is -2.36. The quantitative estimate of drug-likeness (QED) is 0.788. The molecule has 4 heteroatoms. The summed E-state index contributed by atoms with van der Waals surface area (Å²) in [4.78, 5) is 14.4. The van der Waals surface area contributed by atoms with Gasteiger partial charge < -0.3 is 10.2 Å². The number of hydrogen-bond donors (Lipinski definition) is 1. The van der Waals surface area contributed by atoms with Crippen LogP contribution in [0.5, 0.6) is 0 Å². The van der Waals surface area contributed by atoms with E-state index in [0.29, 0.717) is 0 Å². The average molecular weight is 281 g/mol. The number of halogens is 1. The number of rotatable bonds is 0. The van der Waals surface area contributed by atoms with Gasteiger partial charge in [-0.1, -0.05) is 22.0 Å². The second kappa shape index (κ2) is 3.31. The van der Waals surface area contributed by atoms with Gasteiger partial charge in [0.15, 0.2) is 0 Å². The summed E-state index contributed by atoms with van der Waals surface area (Å²) in [5.74, 6) is 0.157. The molecular weight excluding hydrogens is 268 g/mol. The van der Waals surface area contributed by atoms with Gasteiger partial charge in [-0.15, -0.1) is 0 Å². The van der Waals surface area contributed by atoms with E-state index in [2.05, 4.69) is 39.3 Å². The minimum absolute atomic E-state index is 0.157. The summed E-state index contributed by atoms with van der Waals surface area (Å²) in [6.45, 7) is 1.82. The Bertz CT molecular complexity index is 474. The van der Waals surface area contributed by atoms with E-state index in [1.165, 1.54) is 0 Å². The van der Waals surface area contributed by atoms with Crippen molar-refractivity contribution in [1.29, 1.82) is 0 Å². The van der Waals surface area contributed by atoms with Crippen LogP contribution >= 0.6 is 15.9 Å². The van der Waals surface area contributed by atoms with Crippen LogP contribution in [0.3, 0.4) is 0 Å². The number of hydrogen-bond acceptors (Lipinski definition) is 2. The SMILES string of the molecule is CN1CCC2(C1)C(=O)Nc1cc(Br)ccc12. The van der Waals surface area contributed by atoms with E-state index in [9.17, 15) is 4.79 Å². The zero-order chi connectivity index (χ0) is 11.3. The third-order valence-corrected chi connectivity index (χ3v) is 4.13. The van der Waals surface area contributed by atoms with Gasteiger partial charge in [-0.3, -0.25) is 4.79 Å². The largest absolute Gasteiger partial charge is 0.325 e. The van der Waals surface area contributed by atoms with E-state index in [0.717, 1.165) is 35.2 Å². The highest BCUT2D eigenvalue weighted by Gasteiger charge is 2.50. The number of likely N-dealkylation sites (tertiary alicyclic amines) is 1. The molecule has 0 radical (unpaired) electrons. The maximum atomic E-state index is 12.2. The van der Waals surface area contributed by atoms with Gasteiger partial charge in [0, 0.05) is 16.7 Å². The number of fused-ring (bicyclic) bond motifs is 2. The fourth-order valence-corrected chi connectivity index (χ4v) is 3.17. The molecule has 3 nitrogen and oxygen atoms in total. The summed E-state index contributed by atoms with van der Waals surface area (Å²) in [5.41, 5.74) is 1.82. The van der Waals surface area contributed by atoms with Crippen molar-refractivity contribution in [3.05, 3.63) is 28.2 Å². The van der Waals surface area contributed by atoms with Crippen molar-refractivity contribution in [2.24, 2.45) is 0 Å². The predicted octanol–water partition coefficient (Wildman–Crippen LogP) is 1.97. The van der Waals surface area contributed by atoms with Crippen LogP contribution in [0.4, 0.5) is 5.69 Å². The molecule has 1 fully saturated rings. The maximum Gasteiger partial charge on any atom is 0.236 e. The highest BCUT2D eigenvalue weighted by molar-refractivity contribution is 9.10. The summed E-state index contributed by atoms with van der Waals surface area (Å²) >= 11 is 3.43. The average Bonchev–Trinajstić information content (AvgIpc) is 2.72. The van der Waals surface area contributed by atoms with Gasteiger partial charge in [-0.2, -0.15) is 0 Å². The molecule has 0 aliphatic carbocycles. The molecule has 3 rings (SSSR count). The van der Waals surface area contributed by atoms with Crippen molar-refractivity contribution in [3.8, 4) is 0 Å². The molecule has 1 N–H and O–H groups in total. The van der Waals surface area contributed by atoms with E-state index in [1.54, 1.807) is 0 Å². The first kappa shape index (κ1) is 10.3. The Kier molecular flexibility index (Phi) is 2.13. The Balaban J connectivity index is 2.13. The van der Waals surface area contributed by atoms with Crippen molar-refractivity contribution < 1.29 is 4.79 Å². The Hall–Kier alpha value is -0.870.